The number of hydrogen-bond donors (Lipinski definition) is 4. The summed E-state index contributed by atoms with van der Waals surface area (Å²) in [6, 6.07) is -3.33. The van der Waals surface area contributed by atoms with E-state index in [2.05, 4.69) is 29.8 Å². The maximum absolute atomic E-state index is 14.2. The summed E-state index contributed by atoms with van der Waals surface area (Å²) in [5.41, 5.74) is 4.99. The van der Waals surface area contributed by atoms with Crippen molar-refractivity contribution in [1.82, 2.24) is 30.2 Å². The summed E-state index contributed by atoms with van der Waals surface area (Å²) in [7, 11) is 5.54. The van der Waals surface area contributed by atoms with Crippen LogP contribution in [-0.4, -0.2) is 102 Å². The van der Waals surface area contributed by atoms with E-state index in [4.69, 9.17) is 10.0 Å². The van der Waals surface area contributed by atoms with Gasteiger partial charge in [0.25, 0.3) is 5.91 Å². The molecular weight excluding hydrogens is 691 g/mol. The number of rotatable bonds is 15. The molecule has 298 valence electrons. The predicted octanol–water partition coefficient (Wildman–Crippen LogP) is 4.91. The molecule has 1 aliphatic heterocycles. The van der Waals surface area contributed by atoms with Gasteiger partial charge in [-0.25, -0.2) is 13.4 Å². The van der Waals surface area contributed by atoms with Crippen LogP contribution in [0.1, 0.15) is 126 Å². The lowest BCUT2D eigenvalue weighted by Gasteiger charge is -2.37. The van der Waals surface area contributed by atoms with Crippen molar-refractivity contribution in [2.24, 2.45) is 23.0 Å². The first-order valence-electron chi connectivity index (χ1n) is 18.8. The highest BCUT2D eigenvalue weighted by Gasteiger charge is 2.42. The number of nitrogens with two attached hydrogens (primary N) is 1. The number of likely N-dealkylation sites (N-methyl/N-ethyl adjacent to an activating group) is 1. The third-order valence-electron chi connectivity index (χ3n) is 9.28. The second-order valence-corrected chi connectivity index (χ2v) is 15.9. The number of amides is 5. The molecule has 2 aliphatic carbocycles. The largest absolute Gasteiger partial charge is 0.363 e. The van der Waals surface area contributed by atoms with Crippen molar-refractivity contribution in [3.63, 3.8) is 0 Å². The van der Waals surface area contributed by atoms with E-state index in [-0.39, 0.29) is 42.7 Å². The second-order valence-electron chi connectivity index (χ2n) is 14.9. The van der Waals surface area contributed by atoms with Gasteiger partial charge in [-0.3, -0.25) is 19.2 Å². The van der Waals surface area contributed by atoms with E-state index in [1.807, 2.05) is 53.0 Å². The Kier molecular flexibility index (Phi) is 24.0. The third kappa shape index (κ3) is 17.1. The molecule has 0 aromatic carbocycles. The first-order valence-corrected chi connectivity index (χ1v) is 19.5. The Morgan fingerprint density at radius 2 is 1.47 bits per heavy atom. The molecule has 15 heteroatoms. The highest BCUT2D eigenvalue weighted by molar-refractivity contribution is 7.92. The number of Topliss-reactive ketones (excluding diaryl/α,β-unsaturated/α-hetero) is 1. The number of urea groups is 1. The number of nitrogens with zero attached hydrogens (tertiary/aromatic N) is 3. The fraction of sp³-hybridized carbons (Fsp3) is 0.861. The van der Waals surface area contributed by atoms with Crippen molar-refractivity contribution >= 4 is 55.3 Å². The van der Waals surface area contributed by atoms with Crippen LogP contribution < -0.4 is 21.7 Å². The summed E-state index contributed by atoms with van der Waals surface area (Å²) in [6.45, 7) is 15.1. The topological polar surface area (TPSA) is 166 Å². The van der Waals surface area contributed by atoms with Crippen LogP contribution in [0.15, 0.2) is 0 Å². The molecule has 3 rings (SSSR count). The van der Waals surface area contributed by atoms with Gasteiger partial charge >= 0.3 is 6.03 Å². The van der Waals surface area contributed by atoms with E-state index in [1.54, 1.807) is 17.0 Å². The van der Waals surface area contributed by atoms with Gasteiger partial charge in [-0.15, -0.1) is 0 Å². The molecule has 0 aromatic heterocycles. The molecule has 0 bridgehead atoms. The van der Waals surface area contributed by atoms with Gasteiger partial charge in [0.1, 0.15) is 24.3 Å². The monoisotopic (exact) mass is 761 g/mol. The Hall–Kier alpha value is -2.07. The molecule has 4 atom stereocenters. The van der Waals surface area contributed by atoms with Crippen molar-refractivity contribution in [2.45, 2.75) is 150 Å². The Bertz CT molecular complexity index is 1070. The summed E-state index contributed by atoms with van der Waals surface area (Å²) in [5, 5.41) is 10.5. The number of carbonyl (C=O) groups excluding carboxylic acids is 5. The Labute approximate surface area is 319 Å². The lowest BCUT2D eigenvalue weighted by molar-refractivity contribution is -0.143. The maximum atomic E-state index is 14.2. The zero-order valence-electron chi connectivity index (χ0n) is 33.1. The van der Waals surface area contributed by atoms with Gasteiger partial charge in [0.2, 0.25) is 17.6 Å². The molecule has 0 spiro atoms. The van der Waals surface area contributed by atoms with Crippen LogP contribution in [0.4, 0.5) is 4.79 Å². The van der Waals surface area contributed by atoms with Crippen molar-refractivity contribution < 1.29 is 28.3 Å². The van der Waals surface area contributed by atoms with Crippen molar-refractivity contribution in [2.75, 3.05) is 34.2 Å². The lowest BCUT2D eigenvalue weighted by Crippen LogP contribution is -2.60. The van der Waals surface area contributed by atoms with Crippen LogP contribution in [0.5, 0.6) is 0 Å². The van der Waals surface area contributed by atoms with Gasteiger partial charge in [-0.05, 0) is 63.5 Å². The van der Waals surface area contributed by atoms with E-state index in [0.29, 0.717) is 32.4 Å². The van der Waals surface area contributed by atoms with Crippen molar-refractivity contribution in [3.8, 4) is 0 Å². The standard InChI is InChI=1S/C31H55N7O6S.C3H8.C2H6.H2S/c1-31(2,3)24(19-37(6)44-45-36(4)5)34-30(43)35-25(21-14-8-7-9-15-21)29(42)38-17-11-16-23(38)28(41)33-22(26(39)27(32)40)18-20-12-10-13-20;1-3-2;1-2;/h20-25H,7-19H2,1-6H3,(H2,32,40)(H,33,41)(H2,34,35,43);3H2,1-2H3;1-2H3;1H2. The van der Waals surface area contributed by atoms with Crippen LogP contribution in [-0.2, 0) is 23.5 Å². The lowest BCUT2D eigenvalue weighted by atomic mass is 9.80. The van der Waals surface area contributed by atoms with E-state index in [0.717, 1.165) is 51.4 Å². The Balaban J connectivity index is 0.00000395. The predicted molar refractivity (Wildman–Crippen MR) is 211 cm³/mol. The van der Waals surface area contributed by atoms with Gasteiger partial charge in [-0.1, -0.05) is 93.4 Å². The minimum absolute atomic E-state index is 0. The van der Waals surface area contributed by atoms with Crippen molar-refractivity contribution in [3.05, 3.63) is 0 Å². The van der Waals surface area contributed by atoms with Gasteiger partial charge in [-0.2, -0.15) is 18.6 Å². The number of primary amides is 1. The highest BCUT2D eigenvalue weighted by Crippen LogP contribution is 2.32. The van der Waals surface area contributed by atoms with E-state index in [9.17, 15) is 24.0 Å². The zero-order chi connectivity index (χ0) is 38.0. The molecule has 1 heterocycles. The molecule has 4 unspecified atom stereocenters. The smallest absolute Gasteiger partial charge is 0.315 e. The van der Waals surface area contributed by atoms with Crippen molar-refractivity contribution in [1.29, 1.82) is 0 Å². The second kappa shape index (κ2) is 25.0. The highest BCUT2D eigenvalue weighted by atomic mass is 32.2. The fourth-order valence-electron chi connectivity index (χ4n) is 6.35. The number of hydrogen-bond acceptors (Lipinski definition) is 9. The van der Waals surface area contributed by atoms with Crippen LogP contribution in [0.2, 0.25) is 0 Å². The molecular formula is C36H71N7O6S2. The van der Waals surface area contributed by atoms with Crippen LogP contribution in [0.25, 0.3) is 0 Å². The van der Waals surface area contributed by atoms with E-state index >= 15 is 0 Å². The average Bonchev–Trinajstić information content (AvgIpc) is 3.54. The number of nitrogens with one attached hydrogen (secondary N) is 3. The zero-order valence-corrected chi connectivity index (χ0v) is 35.0. The first kappa shape index (κ1) is 48.9. The summed E-state index contributed by atoms with van der Waals surface area (Å²) in [5.74, 6) is -2.43. The normalized spacial score (nSPS) is 19.5. The fourth-order valence-corrected chi connectivity index (χ4v) is 6.66. The summed E-state index contributed by atoms with van der Waals surface area (Å²) in [6.07, 6.45) is 10.2. The summed E-state index contributed by atoms with van der Waals surface area (Å²) < 4.78 is 7.49. The molecule has 5 N–H and O–H groups in total. The van der Waals surface area contributed by atoms with Crippen LogP contribution in [0.3, 0.4) is 0 Å². The number of likely N-dealkylation sites (tertiary alicyclic amines) is 1. The molecule has 5 amide bonds. The first-order chi connectivity index (χ1) is 23.6. The van der Waals surface area contributed by atoms with Gasteiger partial charge < -0.3 is 26.6 Å². The van der Waals surface area contributed by atoms with E-state index < -0.39 is 41.8 Å². The van der Waals surface area contributed by atoms with Gasteiger partial charge in [0.15, 0.2) is 0 Å². The Morgan fingerprint density at radius 3 is 1.96 bits per heavy atom. The SMILES string of the molecule is CC.CCC.CN(CC(NC(=O)NC(C(=O)N1CCCC1C(=O)NC(CC1CCC1)C(=O)C(N)=O)C1CCCCC1)C(C)(C)C)OSN(C)C.S. The van der Waals surface area contributed by atoms with Crippen LogP contribution in [0, 0.1) is 17.3 Å². The van der Waals surface area contributed by atoms with Gasteiger partial charge in [0.05, 0.1) is 12.1 Å². The molecule has 3 fully saturated rings. The number of ketones is 1. The molecule has 0 radical (unpaired) electrons. The number of hydroxylamine groups is 2. The minimum Gasteiger partial charge on any atom is -0.363 e. The Morgan fingerprint density at radius 1 is 0.882 bits per heavy atom. The molecule has 3 aliphatic rings. The molecule has 13 nitrogen and oxygen atoms in total. The average molecular weight is 762 g/mol. The molecule has 0 aromatic rings. The molecule has 1 saturated heterocycles. The number of carbonyl (C=O) groups is 5. The quantitative estimate of drug-likeness (QED) is 0.0785. The third-order valence-corrected chi connectivity index (χ3v) is 9.90. The van der Waals surface area contributed by atoms with Crippen LogP contribution >= 0.6 is 25.7 Å². The van der Waals surface area contributed by atoms with E-state index in [1.165, 1.54) is 18.6 Å². The van der Waals surface area contributed by atoms with Gasteiger partial charge in [0, 0.05) is 20.1 Å². The summed E-state index contributed by atoms with van der Waals surface area (Å²) >= 11 is 1.18. The maximum Gasteiger partial charge on any atom is 0.315 e. The molecule has 2 saturated carbocycles. The summed E-state index contributed by atoms with van der Waals surface area (Å²) in [4.78, 5) is 67.1. The molecule has 51 heavy (non-hydrogen) atoms. The minimum atomic E-state index is -1.07.